The normalized spacial score (nSPS) is 24.7. The van der Waals surface area contributed by atoms with Crippen molar-refractivity contribution in [3.63, 3.8) is 0 Å². The summed E-state index contributed by atoms with van der Waals surface area (Å²) in [6.45, 7) is 2.21. The molecule has 1 heteroatoms. The molecule has 0 atom stereocenters. The highest BCUT2D eigenvalue weighted by molar-refractivity contribution is 5.41. The summed E-state index contributed by atoms with van der Waals surface area (Å²) in [6, 6.07) is 0. The molecular weight excluding hydrogens is 170 g/mol. The molecule has 0 aliphatic heterocycles. The van der Waals surface area contributed by atoms with E-state index in [9.17, 15) is 0 Å². The second kappa shape index (κ2) is 3.74. The van der Waals surface area contributed by atoms with Crippen LogP contribution in [0.4, 0.5) is 0 Å². The quantitative estimate of drug-likeness (QED) is 0.668. The molecule has 14 heavy (non-hydrogen) atoms. The molecule has 0 radical (unpaired) electrons. The molecular formula is C13H19N. The van der Waals surface area contributed by atoms with E-state index in [1.54, 1.807) is 11.1 Å². The highest BCUT2D eigenvalue weighted by Crippen LogP contribution is 2.29. The predicted octanol–water partition coefficient (Wildman–Crippen LogP) is 2.96. The third-order valence-corrected chi connectivity index (χ3v) is 3.35. The molecule has 1 N–H and O–H groups in total. The van der Waals surface area contributed by atoms with Crippen molar-refractivity contribution >= 4 is 0 Å². The number of rotatable bonds is 1. The lowest BCUT2D eigenvalue weighted by molar-refractivity contribution is 0.589. The Balaban J connectivity index is 2.29. The van der Waals surface area contributed by atoms with Gasteiger partial charge in [-0.05, 0) is 50.8 Å². The smallest absolute Gasteiger partial charge is 0.0525 e. The fourth-order valence-corrected chi connectivity index (χ4v) is 2.10. The van der Waals surface area contributed by atoms with Crippen LogP contribution in [0.15, 0.2) is 35.5 Å². The first-order valence-electron chi connectivity index (χ1n) is 5.53. The van der Waals surface area contributed by atoms with Crippen LogP contribution >= 0.6 is 0 Å². The lowest BCUT2D eigenvalue weighted by atomic mass is 9.92. The van der Waals surface area contributed by atoms with Gasteiger partial charge in [0.15, 0.2) is 0 Å². The highest BCUT2D eigenvalue weighted by atomic mass is 14.9. The van der Waals surface area contributed by atoms with E-state index in [0.717, 1.165) is 0 Å². The van der Waals surface area contributed by atoms with Crippen molar-refractivity contribution in [2.24, 2.45) is 0 Å². The minimum Gasteiger partial charge on any atom is -0.308 e. The molecule has 0 saturated carbocycles. The van der Waals surface area contributed by atoms with E-state index in [-0.39, 0.29) is 5.54 Å². The maximum atomic E-state index is 3.33. The first-order chi connectivity index (χ1) is 6.73. The van der Waals surface area contributed by atoms with Crippen LogP contribution in [0.2, 0.25) is 0 Å². The Morgan fingerprint density at radius 3 is 2.00 bits per heavy atom. The molecule has 0 fully saturated rings. The summed E-state index contributed by atoms with van der Waals surface area (Å²) in [4.78, 5) is 0. The van der Waals surface area contributed by atoms with Gasteiger partial charge in [0.05, 0.1) is 5.54 Å². The number of likely N-dealkylation sites (N-methyl/N-ethyl adjacent to an activating group) is 1. The summed E-state index contributed by atoms with van der Waals surface area (Å²) in [7, 11) is 2.01. The van der Waals surface area contributed by atoms with Gasteiger partial charge in [-0.2, -0.15) is 0 Å². The van der Waals surface area contributed by atoms with Gasteiger partial charge in [-0.25, -0.2) is 0 Å². The van der Waals surface area contributed by atoms with Crippen molar-refractivity contribution in [1.29, 1.82) is 0 Å². The van der Waals surface area contributed by atoms with Gasteiger partial charge >= 0.3 is 0 Å². The molecule has 2 rings (SSSR count). The van der Waals surface area contributed by atoms with Gasteiger partial charge < -0.3 is 5.32 Å². The fourth-order valence-electron chi connectivity index (χ4n) is 2.10. The van der Waals surface area contributed by atoms with Gasteiger partial charge in [0.25, 0.3) is 0 Å². The summed E-state index contributed by atoms with van der Waals surface area (Å²) in [5.41, 5.74) is 3.13. The molecule has 0 aromatic carbocycles. The molecule has 2 aliphatic carbocycles. The van der Waals surface area contributed by atoms with Crippen molar-refractivity contribution < 1.29 is 0 Å². The first-order valence-corrected chi connectivity index (χ1v) is 5.53. The molecule has 0 aromatic heterocycles. The standard InChI is InChI=1S/C13H19N/c1-13(14-2)9-7-11-5-3-4-6-12(11)8-10-13/h7-10,14H,3-6H2,1-2H3. The van der Waals surface area contributed by atoms with Crippen molar-refractivity contribution in [2.75, 3.05) is 7.05 Å². The van der Waals surface area contributed by atoms with Gasteiger partial charge in [-0.15, -0.1) is 0 Å². The van der Waals surface area contributed by atoms with Crippen molar-refractivity contribution in [2.45, 2.75) is 38.1 Å². The van der Waals surface area contributed by atoms with Crippen molar-refractivity contribution in [1.82, 2.24) is 5.32 Å². The Labute approximate surface area is 86.6 Å². The second-order valence-corrected chi connectivity index (χ2v) is 4.46. The molecule has 0 saturated heterocycles. The van der Waals surface area contributed by atoms with Gasteiger partial charge in [-0.3, -0.25) is 0 Å². The summed E-state index contributed by atoms with van der Waals surface area (Å²) >= 11 is 0. The zero-order valence-electron chi connectivity index (χ0n) is 9.14. The molecule has 0 bridgehead atoms. The minimum atomic E-state index is 0.0390. The van der Waals surface area contributed by atoms with Crippen LogP contribution in [0, 0.1) is 0 Å². The SMILES string of the molecule is CNC1(C)C=CC2=C(C=C1)CCCC2. The van der Waals surface area contributed by atoms with Crippen molar-refractivity contribution in [3.05, 3.63) is 35.5 Å². The third kappa shape index (κ3) is 1.83. The lowest BCUT2D eigenvalue weighted by Gasteiger charge is -2.19. The number of nitrogens with one attached hydrogen (secondary N) is 1. The first kappa shape index (κ1) is 9.72. The largest absolute Gasteiger partial charge is 0.308 e. The molecule has 0 unspecified atom stereocenters. The molecule has 0 heterocycles. The Morgan fingerprint density at radius 2 is 1.57 bits per heavy atom. The van der Waals surface area contributed by atoms with Crippen LogP contribution in [-0.4, -0.2) is 12.6 Å². The minimum absolute atomic E-state index is 0.0390. The summed E-state index contributed by atoms with van der Waals surface area (Å²) < 4.78 is 0. The average Bonchev–Trinajstić information content (AvgIpc) is 2.40. The lowest BCUT2D eigenvalue weighted by Crippen LogP contribution is -2.34. The van der Waals surface area contributed by atoms with Crippen LogP contribution < -0.4 is 5.32 Å². The van der Waals surface area contributed by atoms with Gasteiger partial charge in [0.1, 0.15) is 0 Å². The van der Waals surface area contributed by atoms with Crippen LogP contribution in [0.1, 0.15) is 32.6 Å². The summed E-state index contributed by atoms with van der Waals surface area (Å²) in [5.74, 6) is 0. The number of hydrogen-bond acceptors (Lipinski definition) is 1. The molecule has 1 nitrogen and oxygen atoms in total. The molecule has 0 aromatic rings. The van der Waals surface area contributed by atoms with E-state index in [1.807, 2.05) is 7.05 Å². The average molecular weight is 189 g/mol. The zero-order chi connectivity index (χ0) is 10.0. The van der Waals surface area contributed by atoms with E-state index in [0.29, 0.717) is 0 Å². The van der Waals surface area contributed by atoms with Crippen LogP contribution in [0.3, 0.4) is 0 Å². The third-order valence-electron chi connectivity index (χ3n) is 3.35. The van der Waals surface area contributed by atoms with Crippen LogP contribution in [-0.2, 0) is 0 Å². The maximum absolute atomic E-state index is 3.33. The second-order valence-electron chi connectivity index (χ2n) is 4.46. The Hall–Kier alpha value is -0.820. The van der Waals surface area contributed by atoms with Gasteiger partial charge in [0, 0.05) is 0 Å². The van der Waals surface area contributed by atoms with E-state index < -0.39 is 0 Å². The van der Waals surface area contributed by atoms with E-state index in [4.69, 9.17) is 0 Å². The highest BCUT2D eigenvalue weighted by Gasteiger charge is 2.18. The monoisotopic (exact) mass is 189 g/mol. The molecule has 2 aliphatic rings. The van der Waals surface area contributed by atoms with Crippen LogP contribution in [0.25, 0.3) is 0 Å². The van der Waals surface area contributed by atoms with E-state index in [1.165, 1.54) is 25.7 Å². The summed E-state index contributed by atoms with van der Waals surface area (Å²) in [6.07, 6.45) is 14.4. The van der Waals surface area contributed by atoms with E-state index in [2.05, 4.69) is 36.5 Å². The Morgan fingerprint density at radius 1 is 1.07 bits per heavy atom. The maximum Gasteiger partial charge on any atom is 0.0525 e. The molecule has 0 amide bonds. The molecule has 0 spiro atoms. The summed E-state index contributed by atoms with van der Waals surface area (Å²) in [5, 5.41) is 3.33. The Bertz CT molecular complexity index is 281. The van der Waals surface area contributed by atoms with Gasteiger partial charge in [0.2, 0.25) is 0 Å². The Kier molecular flexibility index (Phi) is 2.60. The fraction of sp³-hybridized carbons (Fsp3) is 0.538. The molecule has 76 valence electrons. The van der Waals surface area contributed by atoms with Crippen molar-refractivity contribution in [3.8, 4) is 0 Å². The van der Waals surface area contributed by atoms with E-state index >= 15 is 0 Å². The topological polar surface area (TPSA) is 12.0 Å². The predicted molar refractivity (Wildman–Crippen MR) is 61.2 cm³/mol. The number of hydrogen-bond donors (Lipinski definition) is 1. The van der Waals surface area contributed by atoms with Crippen LogP contribution in [0.5, 0.6) is 0 Å². The van der Waals surface area contributed by atoms with Gasteiger partial charge in [-0.1, -0.05) is 24.3 Å². The number of allylic oxidation sites excluding steroid dienone is 4. The zero-order valence-corrected chi connectivity index (χ0v) is 9.14.